The normalized spacial score (nSPS) is 14.3. The fourth-order valence-corrected chi connectivity index (χ4v) is 1.81. The summed E-state index contributed by atoms with van der Waals surface area (Å²) >= 11 is 0. The van der Waals surface area contributed by atoms with E-state index in [4.69, 9.17) is 5.11 Å². The van der Waals surface area contributed by atoms with Gasteiger partial charge in [0.2, 0.25) is 12.6 Å². The van der Waals surface area contributed by atoms with Gasteiger partial charge >= 0.3 is 30.4 Å². The minimum absolute atomic E-state index is 0.0123. The van der Waals surface area contributed by atoms with Crippen LogP contribution >= 0.6 is 0 Å². The highest BCUT2D eigenvalue weighted by molar-refractivity contribution is 5.81. The summed E-state index contributed by atoms with van der Waals surface area (Å²) in [7, 11) is 0. The molecule has 0 spiro atoms. The Balaban J connectivity index is 2.94. The van der Waals surface area contributed by atoms with Gasteiger partial charge in [0.1, 0.15) is 0 Å². The maximum Gasteiger partial charge on any atom is 0.462 e. The van der Waals surface area contributed by atoms with Gasteiger partial charge in [-0.15, -0.1) is 0 Å². The molecule has 0 saturated carbocycles. The fourth-order valence-electron chi connectivity index (χ4n) is 1.81. The molecule has 1 aromatic heterocycles. The highest BCUT2D eigenvalue weighted by Crippen LogP contribution is 2.48. The summed E-state index contributed by atoms with van der Waals surface area (Å²) in [4.78, 5) is 22.0. The third-order valence-electron chi connectivity index (χ3n) is 3.27. The van der Waals surface area contributed by atoms with Gasteiger partial charge in [-0.05, 0) is 5.56 Å². The molecule has 0 aliphatic carbocycles. The number of aliphatic carboxylic acids is 1. The summed E-state index contributed by atoms with van der Waals surface area (Å²) in [6.07, 6.45) is -21.8. The number of carboxylic acids is 1. The summed E-state index contributed by atoms with van der Waals surface area (Å²) in [5.74, 6) is -10.7. The van der Waals surface area contributed by atoms with Crippen molar-refractivity contribution < 1.29 is 67.9 Å². The average Bonchev–Trinajstić information content (AvgIpc) is 2.56. The molecule has 0 aliphatic heterocycles. The number of pyridine rings is 1. The number of aromatic nitrogens is 1. The molecule has 0 bridgehead atoms. The van der Waals surface area contributed by atoms with E-state index in [0.29, 0.717) is 0 Å². The van der Waals surface area contributed by atoms with E-state index in [9.17, 15) is 53.5 Å². The van der Waals surface area contributed by atoms with E-state index in [1.807, 2.05) is 0 Å². The molecular formula is C14H11F10N2O4+. The maximum atomic E-state index is 13.1. The molecule has 1 rings (SSSR count). The minimum Gasteiger partial charge on any atom is -0.477 e. The van der Waals surface area contributed by atoms with Crippen molar-refractivity contribution in [2.24, 2.45) is 0 Å². The Morgan fingerprint density at radius 3 is 1.90 bits per heavy atom. The first-order chi connectivity index (χ1) is 13.4. The lowest BCUT2D eigenvalue weighted by Gasteiger charge is -2.31. The van der Waals surface area contributed by atoms with Gasteiger partial charge in [-0.2, -0.15) is 48.5 Å². The minimum atomic E-state index is -7.01. The Morgan fingerprint density at radius 2 is 1.50 bits per heavy atom. The Kier molecular flexibility index (Phi) is 7.29. The number of carbonyl (C=O) groups is 2. The second-order valence-electron chi connectivity index (χ2n) is 5.62. The lowest BCUT2D eigenvalue weighted by Crippen LogP contribution is -2.58. The fraction of sp³-hybridized carbons (Fsp3) is 0.500. The first kappa shape index (κ1) is 25.4. The molecule has 16 heteroatoms. The Labute approximate surface area is 160 Å². The number of alkyl halides is 10. The van der Waals surface area contributed by atoms with E-state index in [1.54, 1.807) is 0 Å². The topological polar surface area (TPSA) is 79.5 Å². The average molecular weight is 461 g/mol. The summed E-state index contributed by atoms with van der Waals surface area (Å²) in [6.45, 7) is -1.29. The van der Waals surface area contributed by atoms with Crippen LogP contribution in [0.15, 0.2) is 24.5 Å². The SMILES string of the molecule is O=C(O)C[n+]1ccc(CNC(=O)C(OC(F)(F)C(F)(F)C(F)(F)F)C(F)(F)F)cc1. The number of ether oxygens (including phenoxy) is 1. The predicted octanol–water partition coefficient (Wildman–Crippen LogP) is 2.41. The van der Waals surface area contributed by atoms with Gasteiger partial charge < -0.3 is 10.4 Å². The van der Waals surface area contributed by atoms with Crippen molar-refractivity contribution >= 4 is 11.9 Å². The molecule has 0 aliphatic rings. The molecule has 1 aromatic rings. The van der Waals surface area contributed by atoms with Crippen LogP contribution < -0.4 is 9.88 Å². The highest BCUT2D eigenvalue weighted by atomic mass is 19.4. The van der Waals surface area contributed by atoms with Crippen molar-refractivity contribution in [1.82, 2.24) is 5.32 Å². The number of carbonyl (C=O) groups excluding carboxylic acids is 1. The van der Waals surface area contributed by atoms with Crippen molar-refractivity contribution in [3.05, 3.63) is 30.1 Å². The predicted molar refractivity (Wildman–Crippen MR) is 73.0 cm³/mol. The van der Waals surface area contributed by atoms with Crippen LogP contribution in [0.5, 0.6) is 0 Å². The first-order valence-corrected chi connectivity index (χ1v) is 7.43. The van der Waals surface area contributed by atoms with Gasteiger partial charge in [0.15, 0.2) is 12.4 Å². The van der Waals surface area contributed by atoms with Crippen molar-refractivity contribution in [2.45, 2.75) is 43.6 Å². The molecule has 1 unspecified atom stereocenters. The van der Waals surface area contributed by atoms with Crippen LogP contribution in [0.25, 0.3) is 0 Å². The summed E-state index contributed by atoms with van der Waals surface area (Å²) in [6, 6.07) is 2.22. The molecule has 0 fully saturated rings. The van der Waals surface area contributed by atoms with E-state index in [2.05, 4.69) is 4.74 Å². The lowest BCUT2D eigenvalue weighted by atomic mass is 10.2. The van der Waals surface area contributed by atoms with Crippen LogP contribution in [-0.4, -0.2) is 47.5 Å². The van der Waals surface area contributed by atoms with Gasteiger partial charge in [-0.25, -0.2) is 4.79 Å². The van der Waals surface area contributed by atoms with Gasteiger partial charge in [0, 0.05) is 18.7 Å². The number of nitrogens with one attached hydrogen (secondary N) is 1. The Bertz CT molecular complexity index is 761. The quantitative estimate of drug-likeness (QED) is 0.461. The zero-order valence-electron chi connectivity index (χ0n) is 14.2. The zero-order valence-corrected chi connectivity index (χ0v) is 14.2. The third-order valence-corrected chi connectivity index (χ3v) is 3.27. The van der Waals surface area contributed by atoms with Crippen LogP contribution in [0.3, 0.4) is 0 Å². The smallest absolute Gasteiger partial charge is 0.462 e. The van der Waals surface area contributed by atoms with Gasteiger partial charge in [-0.1, -0.05) is 0 Å². The maximum absolute atomic E-state index is 13.1. The number of hydrogen-bond donors (Lipinski definition) is 2. The third kappa shape index (κ3) is 6.17. The molecule has 1 heterocycles. The van der Waals surface area contributed by atoms with Crippen molar-refractivity contribution in [1.29, 1.82) is 0 Å². The van der Waals surface area contributed by atoms with Gasteiger partial charge in [-0.3, -0.25) is 9.53 Å². The lowest BCUT2D eigenvalue weighted by molar-refractivity contribution is -0.685. The summed E-state index contributed by atoms with van der Waals surface area (Å²) < 4.78 is 130. The van der Waals surface area contributed by atoms with Gasteiger partial charge in [0.05, 0.1) is 0 Å². The number of carboxylic acid groups (broad SMARTS) is 1. The van der Waals surface area contributed by atoms with Crippen molar-refractivity contribution in [3.63, 3.8) is 0 Å². The van der Waals surface area contributed by atoms with Crippen LogP contribution in [0, 0.1) is 0 Å². The van der Waals surface area contributed by atoms with E-state index < -0.39 is 55.5 Å². The summed E-state index contributed by atoms with van der Waals surface area (Å²) in [5, 5.41) is 9.98. The molecular weight excluding hydrogens is 450 g/mol. The Hall–Kier alpha value is -2.65. The number of rotatable bonds is 8. The Morgan fingerprint density at radius 1 is 1.00 bits per heavy atom. The van der Waals surface area contributed by atoms with E-state index in [1.165, 1.54) is 5.32 Å². The second kappa shape index (κ2) is 8.61. The van der Waals surface area contributed by atoms with Crippen molar-refractivity contribution in [2.75, 3.05) is 0 Å². The molecule has 0 aromatic carbocycles. The van der Waals surface area contributed by atoms with Crippen LogP contribution in [0.4, 0.5) is 43.9 Å². The number of hydrogen-bond acceptors (Lipinski definition) is 3. The molecule has 1 atom stereocenters. The zero-order chi connectivity index (χ0) is 23.5. The highest BCUT2D eigenvalue weighted by Gasteiger charge is 2.76. The van der Waals surface area contributed by atoms with Crippen LogP contribution in [-0.2, 0) is 27.4 Å². The van der Waals surface area contributed by atoms with E-state index >= 15 is 0 Å². The molecule has 6 nitrogen and oxygen atoms in total. The van der Waals surface area contributed by atoms with Crippen LogP contribution in [0.1, 0.15) is 5.56 Å². The number of amides is 1. The standard InChI is InChI=1S/C14H10F10N2O4/c15-11(16,17)9(30-14(23,24)12(18,19)13(20,21)22)10(29)25-5-7-1-3-26(4-2-7)6-8(27)28/h1-4,9H,5-6H2,(H-,25,27,28,29)/p+1. The van der Waals surface area contributed by atoms with E-state index in [0.717, 1.165) is 29.1 Å². The van der Waals surface area contributed by atoms with E-state index in [-0.39, 0.29) is 5.56 Å². The number of halogens is 10. The molecule has 30 heavy (non-hydrogen) atoms. The molecule has 170 valence electrons. The largest absolute Gasteiger partial charge is 0.477 e. The summed E-state index contributed by atoms with van der Waals surface area (Å²) in [5.41, 5.74) is 0.0123. The van der Waals surface area contributed by atoms with Gasteiger partial charge in [0.25, 0.3) is 5.91 Å². The number of nitrogens with zero attached hydrogens (tertiary/aromatic N) is 1. The molecule has 0 saturated heterocycles. The first-order valence-electron chi connectivity index (χ1n) is 7.43. The van der Waals surface area contributed by atoms with Crippen LogP contribution in [0.2, 0.25) is 0 Å². The van der Waals surface area contributed by atoms with Crippen molar-refractivity contribution in [3.8, 4) is 0 Å². The second-order valence-corrected chi connectivity index (χ2v) is 5.62. The molecule has 0 radical (unpaired) electrons. The molecule has 1 amide bonds. The monoisotopic (exact) mass is 461 g/mol. The molecule has 2 N–H and O–H groups in total.